The summed E-state index contributed by atoms with van der Waals surface area (Å²) in [5, 5.41) is 6.80. The Morgan fingerprint density at radius 2 is 1.84 bits per heavy atom. The summed E-state index contributed by atoms with van der Waals surface area (Å²) in [6.45, 7) is 8.45. The van der Waals surface area contributed by atoms with Crippen molar-refractivity contribution >= 4 is 59.1 Å². The highest BCUT2D eigenvalue weighted by molar-refractivity contribution is 14.0. The molecule has 25 heavy (non-hydrogen) atoms. The first kappa shape index (κ1) is 22.8. The zero-order valence-electron chi connectivity index (χ0n) is 15.7. The number of thioether (sulfide) groups is 2. The average Bonchev–Trinajstić information content (AvgIpc) is 2.63. The van der Waals surface area contributed by atoms with E-state index in [0.29, 0.717) is 0 Å². The monoisotopic (exact) mass is 494 g/mol. The zero-order chi connectivity index (χ0) is 17.4. The number of nitrogens with zero attached hydrogens (tertiary/aromatic N) is 2. The van der Waals surface area contributed by atoms with Gasteiger partial charge < -0.3 is 15.5 Å². The van der Waals surface area contributed by atoms with Crippen molar-refractivity contribution in [2.45, 2.75) is 25.1 Å². The van der Waals surface area contributed by atoms with Gasteiger partial charge in [-0.1, -0.05) is 12.1 Å². The van der Waals surface area contributed by atoms with E-state index in [1.807, 2.05) is 30.6 Å². The number of anilines is 1. The van der Waals surface area contributed by atoms with Crippen molar-refractivity contribution in [3.8, 4) is 0 Å². The lowest BCUT2D eigenvalue weighted by Crippen LogP contribution is -2.43. The van der Waals surface area contributed by atoms with Crippen LogP contribution in [-0.4, -0.2) is 55.1 Å². The molecule has 2 N–H and O–H groups in total. The van der Waals surface area contributed by atoms with Crippen molar-refractivity contribution in [3.05, 3.63) is 29.8 Å². The van der Waals surface area contributed by atoms with E-state index in [1.54, 1.807) is 0 Å². The summed E-state index contributed by atoms with van der Waals surface area (Å²) in [4.78, 5) is 6.78. The van der Waals surface area contributed by atoms with Crippen LogP contribution in [0.5, 0.6) is 0 Å². The Labute approximate surface area is 178 Å². The van der Waals surface area contributed by atoms with Crippen LogP contribution in [0.4, 0.5) is 5.69 Å². The van der Waals surface area contributed by atoms with Gasteiger partial charge >= 0.3 is 0 Å². The summed E-state index contributed by atoms with van der Waals surface area (Å²) >= 11 is 3.90. The fraction of sp³-hybridized carbons (Fsp3) is 0.611. The number of halogens is 1. The van der Waals surface area contributed by atoms with E-state index in [9.17, 15) is 0 Å². The number of aliphatic imine (C=N–C) groups is 1. The van der Waals surface area contributed by atoms with Crippen molar-refractivity contribution < 1.29 is 0 Å². The number of hydrogen-bond acceptors (Lipinski definition) is 4. The molecule has 0 aromatic heterocycles. The predicted octanol–water partition coefficient (Wildman–Crippen LogP) is 3.66. The molecule has 0 unspecified atom stereocenters. The Morgan fingerprint density at radius 1 is 1.20 bits per heavy atom. The second-order valence-electron chi connectivity index (χ2n) is 6.51. The van der Waals surface area contributed by atoms with Crippen LogP contribution >= 0.6 is 47.5 Å². The highest BCUT2D eigenvalue weighted by Crippen LogP contribution is 2.20. The fourth-order valence-electron chi connectivity index (χ4n) is 2.42. The number of benzene rings is 1. The van der Waals surface area contributed by atoms with Crippen LogP contribution in [0, 0.1) is 0 Å². The van der Waals surface area contributed by atoms with Gasteiger partial charge in [0.15, 0.2) is 5.96 Å². The summed E-state index contributed by atoms with van der Waals surface area (Å²) in [6, 6.07) is 8.90. The number of nitrogens with one attached hydrogen (secondary N) is 2. The minimum absolute atomic E-state index is 0. The van der Waals surface area contributed by atoms with Crippen LogP contribution in [0.15, 0.2) is 29.3 Å². The highest BCUT2D eigenvalue weighted by Gasteiger charge is 2.16. The second kappa shape index (κ2) is 11.4. The summed E-state index contributed by atoms with van der Waals surface area (Å²) in [7, 11) is 1.82. The Hall–Kier alpha value is -0.280. The molecule has 1 aliphatic heterocycles. The molecule has 1 aromatic carbocycles. The molecule has 0 spiro atoms. The summed E-state index contributed by atoms with van der Waals surface area (Å²) in [5.74, 6) is 3.32. The molecule has 0 amide bonds. The standard InChI is InChI=1S/C18H30N4S2.HI/c1-18(2,23-4)14-21-17(19-3)20-13-15-5-7-16(8-6-15)22-9-11-24-12-10-22;/h5-8H,9-14H2,1-4H3,(H2,19,20,21);1H. The van der Waals surface area contributed by atoms with E-state index < -0.39 is 0 Å². The molecule has 2 rings (SSSR count). The normalized spacial score (nSPS) is 15.5. The van der Waals surface area contributed by atoms with E-state index in [-0.39, 0.29) is 28.7 Å². The van der Waals surface area contributed by atoms with Gasteiger partial charge in [-0.05, 0) is 37.8 Å². The summed E-state index contributed by atoms with van der Waals surface area (Å²) in [5.41, 5.74) is 2.61. The molecule has 0 radical (unpaired) electrons. The topological polar surface area (TPSA) is 39.7 Å². The molecule has 0 saturated carbocycles. The van der Waals surface area contributed by atoms with E-state index in [2.05, 4.69) is 64.9 Å². The maximum atomic E-state index is 4.31. The first-order valence-electron chi connectivity index (χ1n) is 8.45. The maximum absolute atomic E-state index is 4.31. The minimum atomic E-state index is 0. The smallest absolute Gasteiger partial charge is 0.191 e. The number of hydrogen-bond donors (Lipinski definition) is 2. The quantitative estimate of drug-likeness (QED) is 0.359. The third-order valence-electron chi connectivity index (χ3n) is 4.23. The van der Waals surface area contributed by atoms with Crippen molar-refractivity contribution in [1.82, 2.24) is 10.6 Å². The maximum Gasteiger partial charge on any atom is 0.191 e. The Morgan fingerprint density at radius 3 is 2.40 bits per heavy atom. The Balaban J connectivity index is 0.00000312. The molecule has 0 bridgehead atoms. The molecule has 142 valence electrons. The van der Waals surface area contributed by atoms with Crippen LogP contribution in [-0.2, 0) is 6.54 Å². The molecule has 1 fully saturated rings. The van der Waals surface area contributed by atoms with Crippen molar-refractivity contribution in [2.24, 2.45) is 4.99 Å². The van der Waals surface area contributed by atoms with Gasteiger partial charge in [-0.2, -0.15) is 23.5 Å². The van der Waals surface area contributed by atoms with E-state index in [1.165, 1.54) is 22.8 Å². The minimum Gasteiger partial charge on any atom is -0.370 e. The molecule has 4 nitrogen and oxygen atoms in total. The second-order valence-corrected chi connectivity index (χ2v) is 9.25. The first-order chi connectivity index (χ1) is 11.5. The lowest BCUT2D eigenvalue weighted by Gasteiger charge is -2.28. The average molecular weight is 495 g/mol. The van der Waals surface area contributed by atoms with Gasteiger partial charge in [-0.15, -0.1) is 24.0 Å². The molecule has 7 heteroatoms. The summed E-state index contributed by atoms with van der Waals surface area (Å²) < 4.78 is 0.200. The van der Waals surface area contributed by atoms with Crippen LogP contribution < -0.4 is 15.5 Å². The lowest BCUT2D eigenvalue weighted by molar-refractivity contribution is 0.664. The van der Waals surface area contributed by atoms with E-state index in [4.69, 9.17) is 0 Å². The van der Waals surface area contributed by atoms with Gasteiger partial charge in [-0.25, -0.2) is 0 Å². The molecule has 1 aliphatic rings. The first-order valence-corrected chi connectivity index (χ1v) is 10.8. The van der Waals surface area contributed by atoms with Crippen molar-refractivity contribution in [3.63, 3.8) is 0 Å². The molecule has 1 heterocycles. The molecule has 1 saturated heterocycles. The molecule has 0 aliphatic carbocycles. The van der Waals surface area contributed by atoms with Gasteiger partial charge in [0.05, 0.1) is 0 Å². The lowest BCUT2D eigenvalue weighted by atomic mass is 10.2. The predicted molar refractivity (Wildman–Crippen MR) is 127 cm³/mol. The largest absolute Gasteiger partial charge is 0.370 e. The van der Waals surface area contributed by atoms with Gasteiger partial charge in [0, 0.05) is 55.2 Å². The van der Waals surface area contributed by atoms with Crippen molar-refractivity contribution in [1.29, 1.82) is 0 Å². The van der Waals surface area contributed by atoms with Crippen molar-refractivity contribution in [2.75, 3.05) is 49.3 Å². The molecule has 0 atom stereocenters. The van der Waals surface area contributed by atoms with Gasteiger partial charge in [0.1, 0.15) is 0 Å². The van der Waals surface area contributed by atoms with Crippen LogP contribution in [0.3, 0.4) is 0 Å². The third-order valence-corrected chi connectivity index (χ3v) is 6.42. The molecular weight excluding hydrogens is 463 g/mol. The Bertz CT molecular complexity index is 528. The fourth-order valence-corrected chi connectivity index (χ4v) is 3.54. The highest BCUT2D eigenvalue weighted by atomic mass is 127. The Kier molecular flexibility index (Phi) is 10.4. The van der Waals surface area contributed by atoms with Gasteiger partial charge in [0.25, 0.3) is 0 Å². The summed E-state index contributed by atoms with van der Waals surface area (Å²) in [6.07, 6.45) is 2.14. The van der Waals surface area contributed by atoms with Gasteiger partial charge in [-0.3, -0.25) is 4.99 Å². The van der Waals surface area contributed by atoms with E-state index >= 15 is 0 Å². The third kappa shape index (κ3) is 7.86. The molecule has 1 aromatic rings. The van der Waals surface area contributed by atoms with Crippen LogP contribution in [0.2, 0.25) is 0 Å². The number of guanidine groups is 1. The zero-order valence-corrected chi connectivity index (χ0v) is 19.6. The van der Waals surface area contributed by atoms with Crippen LogP contribution in [0.1, 0.15) is 19.4 Å². The molecular formula is C18H31IN4S2. The SMILES string of the molecule is CN=C(NCc1ccc(N2CCSCC2)cc1)NCC(C)(C)SC.I. The number of rotatable bonds is 6. The van der Waals surface area contributed by atoms with Gasteiger partial charge in [0.2, 0.25) is 0 Å². The van der Waals surface area contributed by atoms with Crippen LogP contribution in [0.25, 0.3) is 0 Å². The van der Waals surface area contributed by atoms with E-state index in [0.717, 1.165) is 32.1 Å².